The molecular formula is C16H25N. The van der Waals surface area contributed by atoms with Gasteiger partial charge in [-0.2, -0.15) is 0 Å². The molecule has 1 aliphatic rings. The minimum atomic E-state index is 0.809. The monoisotopic (exact) mass is 231 g/mol. The fraction of sp³-hybridized carbons (Fsp3) is 0.625. The number of nitrogens with two attached hydrogens (primary N) is 1. The highest BCUT2D eigenvalue weighted by atomic mass is 14.5. The molecule has 17 heavy (non-hydrogen) atoms. The molecule has 1 heteroatoms. The Morgan fingerprint density at radius 2 is 1.94 bits per heavy atom. The molecule has 2 N–H and O–H groups in total. The first kappa shape index (κ1) is 12.6. The third kappa shape index (κ3) is 3.57. The molecule has 1 aromatic rings. The molecule has 0 bridgehead atoms. The molecule has 0 amide bonds. The summed E-state index contributed by atoms with van der Waals surface area (Å²) in [6, 6.07) is 9.06. The second-order valence-corrected chi connectivity index (χ2v) is 5.56. The summed E-state index contributed by atoms with van der Waals surface area (Å²) < 4.78 is 0. The third-order valence-electron chi connectivity index (χ3n) is 4.18. The van der Waals surface area contributed by atoms with Gasteiger partial charge in [-0.1, -0.05) is 29.8 Å². The van der Waals surface area contributed by atoms with Gasteiger partial charge in [-0.3, -0.25) is 0 Å². The van der Waals surface area contributed by atoms with Crippen molar-refractivity contribution in [1.82, 2.24) is 0 Å². The Bertz CT molecular complexity index is 337. The van der Waals surface area contributed by atoms with Crippen LogP contribution in [0.1, 0.15) is 55.6 Å². The molecule has 0 aliphatic heterocycles. The third-order valence-corrected chi connectivity index (χ3v) is 4.18. The fourth-order valence-electron chi connectivity index (χ4n) is 3.12. The van der Waals surface area contributed by atoms with E-state index < -0.39 is 0 Å². The Morgan fingerprint density at radius 3 is 2.59 bits per heavy atom. The smallest absolute Gasteiger partial charge is 0.00772 e. The molecule has 0 spiro atoms. The molecule has 0 radical (unpaired) electrons. The summed E-state index contributed by atoms with van der Waals surface area (Å²) in [4.78, 5) is 0. The normalized spacial score (nSPS) is 24.8. The summed E-state index contributed by atoms with van der Waals surface area (Å²) in [6.07, 6.45) is 8.10. The van der Waals surface area contributed by atoms with Gasteiger partial charge in [0, 0.05) is 0 Å². The van der Waals surface area contributed by atoms with Crippen LogP contribution in [-0.4, -0.2) is 6.54 Å². The first-order valence-corrected chi connectivity index (χ1v) is 7.06. The van der Waals surface area contributed by atoms with E-state index in [1.807, 2.05) is 0 Å². The molecule has 0 saturated heterocycles. The molecule has 94 valence electrons. The van der Waals surface area contributed by atoms with Crippen LogP contribution >= 0.6 is 0 Å². The van der Waals surface area contributed by atoms with Crippen molar-refractivity contribution in [2.24, 2.45) is 11.7 Å². The summed E-state index contributed by atoms with van der Waals surface area (Å²) in [5, 5.41) is 0. The van der Waals surface area contributed by atoms with Crippen LogP contribution in [0.15, 0.2) is 24.3 Å². The lowest BCUT2D eigenvalue weighted by Crippen LogP contribution is -2.14. The SMILES string of the molecule is Cc1cccc(C2CCC(CCCN)CC2)c1. The first-order chi connectivity index (χ1) is 8.29. The van der Waals surface area contributed by atoms with Gasteiger partial charge in [0.2, 0.25) is 0 Å². The van der Waals surface area contributed by atoms with Crippen molar-refractivity contribution in [2.75, 3.05) is 6.54 Å². The van der Waals surface area contributed by atoms with E-state index in [4.69, 9.17) is 5.73 Å². The zero-order chi connectivity index (χ0) is 12.1. The van der Waals surface area contributed by atoms with Crippen molar-refractivity contribution in [2.45, 2.75) is 51.4 Å². The van der Waals surface area contributed by atoms with Gasteiger partial charge in [0.25, 0.3) is 0 Å². The number of rotatable bonds is 4. The molecule has 0 unspecified atom stereocenters. The van der Waals surface area contributed by atoms with Crippen LogP contribution < -0.4 is 5.73 Å². The predicted octanol–water partition coefficient (Wildman–Crippen LogP) is 4.01. The van der Waals surface area contributed by atoms with Gasteiger partial charge in [-0.05, 0) is 69.4 Å². The maximum absolute atomic E-state index is 5.58. The minimum Gasteiger partial charge on any atom is -0.330 e. The van der Waals surface area contributed by atoms with Gasteiger partial charge in [-0.25, -0.2) is 0 Å². The standard InChI is InChI=1S/C16H25N/c1-13-4-2-6-16(12-13)15-9-7-14(8-10-15)5-3-11-17/h2,4,6,12,14-15H,3,5,7-11,17H2,1H3. The Hall–Kier alpha value is -0.820. The van der Waals surface area contributed by atoms with Crippen LogP contribution in [-0.2, 0) is 0 Å². The molecule has 2 rings (SSSR count). The Balaban J connectivity index is 1.86. The van der Waals surface area contributed by atoms with E-state index in [1.54, 1.807) is 5.56 Å². The summed E-state index contributed by atoms with van der Waals surface area (Å²) in [6.45, 7) is 3.05. The summed E-state index contributed by atoms with van der Waals surface area (Å²) in [7, 11) is 0. The maximum Gasteiger partial charge on any atom is -0.00772 e. The maximum atomic E-state index is 5.58. The van der Waals surface area contributed by atoms with E-state index in [0.29, 0.717) is 0 Å². The zero-order valence-corrected chi connectivity index (χ0v) is 11.0. The van der Waals surface area contributed by atoms with Crippen LogP contribution in [0.2, 0.25) is 0 Å². The molecule has 1 fully saturated rings. The number of aryl methyl sites for hydroxylation is 1. The molecule has 1 saturated carbocycles. The predicted molar refractivity (Wildman–Crippen MR) is 74.2 cm³/mol. The number of hydrogen-bond donors (Lipinski definition) is 1. The summed E-state index contributed by atoms with van der Waals surface area (Å²) in [5.74, 6) is 1.75. The quantitative estimate of drug-likeness (QED) is 0.832. The van der Waals surface area contributed by atoms with E-state index in [1.165, 1.54) is 44.1 Å². The lowest BCUT2D eigenvalue weighted by Gasteiger charge is -2.29. The van der Waals surface area contributed by atoms with Crippen molar-refractivity contribution < 1.29 is 0 Å². The Morgan fingerprint density at radius 1 is 1.18 bits per heavy atom. The van der Waals surface area contributed by atoms with Crippen molar-refractivity contribution in [3.63, 3.8) is 0 Å². The van der Waals surface area contributed by atoms with Crippen molar-refractivity contribution in [1.29, 1.82) is 0 Å². The van der Waals surface area contributed by atoms with Crippen LogP contribution in [0.5, 0.6) is 0 Å². The van der Waals surface area contributed by atoms with E-state index in [2.05, 4.69) is 31.2 Å². The van der Waals surface area contributed by atoms with Gasteiger partial charge in [-0.15, -0.1) is 0 Å². The summed E-state index contributed by atoms with van der Waals surface area (Å²) >= 11 is 0. The molecule has 0 atom stereocenters. The van der Waals surface area contributed by atoms with Gasteiger partial charge in [0.05, 0.1) is 0 Å². The van der Waals surface area contributed by atoms with Gasteiger partial charge >= 0.3 is 0 Å². The van der Waals surface area contributed by atoms with Crippen molar-refractivity contribution in [3.8, 4) is 0 Å². The molecule has 1 aliphatic carbocycles. The molecular weight excluding hydrogens is 206 g/mol. The van der Waals surface area contributed by atoms with Crippen LogP contribution in [0.4, 0.5) is 0 Å². The lowest BCUT2D eigenvalue weighted by atomic mass is 9.77. The van der Waals surface area contributed by atoms with Gasteiger partial charge in [0.15, 0.2) is 0 Å². The second kappa shape index (κ2) is 6.20. The largest absolute Gasteiger partial charge is 0.330 e. The second-order valence-electron chi connectivity index (χ2n) is 5.56. The molecule has 1 nitrogen and oxygen atoms in total. The highest BCUT2D eigenvalue weighted by Crippen LogP contribution is 2.37. The Labute approximate surface area is 105 Å². The fourth-order valence-corrected chi connectivity index (χ4v) is 3.12. The highest BCUT2D eigenvalue weighted by Gasteiger charge is 2.21. The zero-order valence-electron chi connectivity index (χ0n) is 11.0. The van der Waals surface area contributed by atoms with Crippen LogP contribution in [0.3, 0.4) is 0 Å². The number of benzene rings is 1. The first-order valence-electron chi connectivity index (χ1n) is 7.06. The topological polar surface area (TPSA) is 26.0 Å². The van der Waals surface area contributed by atoms with E-state index >= 15 is 0 Å². The van der Waals surface area contributed by atoms with Crippen molar-refractivity contribution in [3.05, 3.63) is 35.4 Å². The van der Waals surface area contributed by atoms with Crippen molar-refractivity contribution >= 4 is 0 Å². The van der Waals surface area contributed by atoms with Crippen LogP contribution in [0, 0.1) is 12.8 Å². The molecule has 1 aromatic carbocycles. The average molecular weight is 231 g/mol. The lowest BCUT2D eigenvalue weighted by molar-refractivity contribution is 0.306. The minimum absolute atomic E-state index is 0.809. The molecule has 0 aromatic heterocycles. The highest BCUT2D eigenvalue weighted by molar-refractivity contribution is 5.25. The number of hydrogen-bond acceptors (Lipinski definition) is 1. The Kier molecular flexibility index (Phi) is 4.61. The molecule has 0 heterocycles. The van der Waals surface area contributed by atoms with E-state index in [0.717, 1.165) is 18.4 Å². The summed E-state index contributed by atoms with van der Waals surface area (Å²) in [5.41, 5.74) is 8.53. The van der Waals surface area contributed by atoms with E-state index in [9.17, 15) is 0 Å². The van der Waals surface area contributed by atoms with E-state index in [-0.39, 0.29) is 0 Å². The van der Waals surface area contributed by atoms with Gasteiger partial charge < -0.3 is 5.73 Å². The van der Waals surface area contributed by atoms with Crippen LogP contribution in [0.25, 0.3) is 0 Å². The average Bonchev–Trinajstić information content (AvgIpc) is 2.37. The van der Waals surface area contributed by atoms with Gasteiger partial charge in [0.1, 0.15) is 0 Å².